The van der Waals surface area contributed by atoms with E-state index in [2.05, 4.69) is 55.9 Å². The second-order valence-electron chi connectivity index (χ2n) is 12.1. The lowest BCUT2D eigenvalue weighted by Gasteiger charge is -2.35. The van der Waals surface area contributed by atoms with Gasteiger partial charge in [-0.25, -0.2) is 4.39 Å². The molecule has 1 saturated carbocycles. The van der Waals surface area contributed by atoms with E-state index in [1.54, 1.807) is 16.7 Å². The molecule has 1 saturated heterocycles. The molecule has 1 aliphatic carbocycles. The van der Waals surface area contributed by atoms with Crippen molar-refractivity contribution in [2.75, 3.05) is 6.54 Å². The first kappa shape index (κ1) is 30.9. The monoisotopic (exact) mass is 557 g/mol. The lowest BCUT2D eigenvalue weighted by molar-refractivity contribution is -0.144. The fraction of sp³-hybridized carbons (Fsp3) is 0.581. The summed E-state index contributed by atoms with van der Waals surface area (Å²) in [6, 6.07) is 6.67. The van der Waals surface area contributed by atoms with Gasteiger partial charge in [0.15, 0.2) is 5.67 Å². The predicted molar refractivity (Wildman–Crippen MR) is 157 cm³/mol. The van der Waals surface area contributed by atoms with Crippen molar-refractivity contribution in [2.45, 2.75) is 105 Å². The van der Waals surface area contributed by atoms with Crippen LogP contribution in [-0.4, -0.2) is 46.9 Å². The van der Waals surface area contributed by atoms with Crippen LogP contribution in [0.5, 0.6) is 0 Å². The van der Waals surface area contributed by atoms with Gasteiger partial charge in [-0.15, -0.1) is 0 Å². The summed E-state index contributed by atoms with van der Waals surface area (Å²) >= 11 is 1.73. The van der Waals surface area contributed by atoms with Crippen LogP contribution in [0.1, 0.15) is 91.7 Å². The molecule has 1 aromatic rings. The summed E-state index contributed by atoms with van der Waals surface area (Å²) in [6.07, 6.45) is 2.65. The van der Waals surface area contributed by atoms with Crippen LogP contribution in [-0.2, 0) is 20.9 Å². The summed E-state index contributed by atoms with van der Waals surface area (Å²) in [5.74, 6) is -1.28. The van der Waals surface area contributed by atoms with E-state index >= 15 is 0 Å². The van der Waals surface area contributed by atoms with Crippen LogP contribution in [0.25, 0.3) is 4.91 Å². The smallest absolute Gasteiger partial charge is 0.258 e. The first-order valence-electron chi connectivity index (χ1n) is 13.9. The summed E-state index contributed by atoms with van der Waals surface area (Å²) in [5.41, 5.74) is 2.20. The van der Waals surface area contributed by atoms with Gasteiger partial charge in [0.2, 0.25) is 11.8 Å². The highest BCUT2D eigenvalue weighted by Gasteiger charge is 2.53. The lowest BCUT2D eigenvalue weighted by Crippen LogP contribution is -2.58. The van der Waals surface area contributed by atoms with Crippen molar-refractivity contribution >= 4 is 34.4 Å². The van der Waals surface area contributed by atoms with Gasteiger partial charge in [0.05, 0.1) is 0 Å². The van der Waals surface area contributed by atoms with E-state index in [0.717, 1.165) is 17.5 Å². The van der Waals surface area contributed by atoms with Crippen molar-refractivity contribution in [3.8, 4) is 0 Å². The minimum absolute atomic E-state index is 0.184. The number of carbonyl (C=O) groups excluding carboxylic acids is 3. The maximum Gasteiger partial charge on any atom is 0.258 e. The zero-order valence-electron chi connectivity index (χ0n) is 24.4. The van der Waals surface area contributed by atoms with Gasteiger partial charge in [0.25, 0.3) is 5.91 Å². The zero-order valence-corrected chi connectivity index (χ0v) is 25.3. The first-order valence-corrected chi connectivity index (χ1v) is 14.8. The Kier molecular flexibility index (Phi) is 10.1. The molecule has 0 aromatic heterocycles. The Morgan fingerprint density at radius 1 is 1.15 bits per heavy atom. The average molecular weight is 558 g/mol. The number of carbonyl (C=O) groups is 3. The molecule has 39 heavy (non-hydrogen) atoms. The van der Waals surface area contributed by atoms with E-state index in [0.29, 0.717) is 25.9 Å². The fourth-order valence-corrected chi connectivity index (χ4v) is 5.51. The van der Waals surface area contributed by atoms with Crippen molar-refractivity contribution in [1.82, 2.24) is 15.5 Å². The van der Waals surface area contributed by atoms with Gasteiger partial charge in [-0.3, -0.25) is 14.4 Å². The average Bonchev–Trinajstić information content (AvgIpc) is 3.44. The lowest BCUT2D eigenvalue weighted by atomic mass is 9.85. The van der Waals surface area contributed by atoms with Crippen LogP contribution in [0.2, 0.25) is 0 Å². The summed E-state index contributed by atoms with van der Waals surface area (Å²) in [7, 11) is 0. The molecular formula is C31H44FN3O3S. The highest BCUT2D eigenvalue weighted by molar-refractivity contribution is 8.11. The molecule has 3 rings (SSSR count). The van der Waals surface area contributed by atoms with Crippen molar-refractivity contribution in [3.63, 3.8) is 0 Å². The largest absolute Gasteiger partial charge is 0.350 e. The number of benzene rings is 1. The Balaban J connectivity index is 1.64. The fourth-order valence-electron chi connectivity index (χ4n) is 4.51. The number of amides is 3. The molecule has 2 N–H and O–H groups in total. The van der Waals surface area contributed by atoms with Crippen molar-refractivity contribution in [2.24, 2.45) is 5.41 Å². The van der Waals surface area contributed by atoms with E-state index in [-0.39, 0.29) is 24.7 Å². The van der Waals surface area contributed by atoms with E-state index in [9.17, 15) is 18.8 Å². The third kappa shape index (κ3) is 7.96. The maximum absolute atomic E-state index is 14.3. The first-order chi connectivity index (χ1) is 18.3. The Morgan fingerprint density at radius 3 is 2.33 bits per heavy atom. The molecule has 2 aliphatic rings. The Morgan fingerprint density at radius 2 is 1.79 bits per heavy atom. The number of allylic oxidation sites excluding steroid dienone is 2. The third-order valence-corrected chi connectivity index (χ3v) is 8.80. The van der Waals surface area contributed by atoms with Crippen LogP contribution in [0, 0.1) is 5.41 Å². The topological polar surface area (TPSA) is 78.5 Å². The number of halogens is 1. The molecule has 1 heterocycles. The molecule has 2 fully saturated rings. The second kappa shape index (κ2) is 12.7. The molecule has 3 amide bonds. The van der Waals surface area contributed by atoms with E-state index in [1.807, 2.05) is 32.9 Å². The van der Waals surface area contributed by atoms with Crippen LogP contribution in [0.15, 0.2) is 40.8 Å². The Bertz CT molecular complexity index is 1130. The van der Waals surface area contributed by atoms with E-state index in [4.69, 9.17) is 0 Å². The molecule has 1 aliphatic heterocycles. The molecule has 214 valence electrons. The summed E-state index contributed by atoms with van der Waals surface area (Å²) in [4.78, 5) is 41.9. The molecular weight excluding hydrogens is 513 g/mol. The normalized spacial score (nSPS) is 19.3. The molecule has 1 aromatic carbocycles. The minimum Gasteiger partial charge on any atom is -0.350 e. The molecule has 8 heteroatoms. The van der Waals surface area contributed by atoms with Gasteiger partial charge < -0.3 is 15.5 Å². The Labute approximate surface area is 237 Å². The number of likely N-dealkylation sites (tertiary alicyclic amines) is 1. The molecule has 6 nitrogen and oxygen atoms in total. The highest BCUT2D eigenvalue weighted by Crippen LogP contribution is 2.40. The van der Waals surface area contributed by atoms with Crippen LogP contribution in [0.3, 0.4) is 0 Å². The van der Waals surface area contributed by atoms with E-state index in [1.165, 1.54) is 16.1 Å². The zero-order chi connectivity index (χ0) is 29.0. The minimum atomic E-state index is -1.86. The SMILES string of the molecule is CCC(C)=CSC(=C(C)C)c1ccc(CNC(=O)C2CCCN2C(=O)C(NC(=O)C2(F)CC2)C(C)(C)C)cc1. The van der Waals surface area contributed by atoms with Gasteiger partial charge in [0, 0.05) is 18.0 Å². The molecule has 0 spiro atoms. The molecule has 0 bridgehead atoms. The van der Waals surface area contributed by atoms with E-state index < -0.39 is 29.1 Å². The van der Waals surface area contributed by atoms with Crippen LogP contribution < -0.4 is 10.6 Å². The number of rotatable bonds is 10. The van der Waals surface area contributed by atoms with Crippen molar-refractivity contribution in [1.29, 1.82) is 0 Å². The van der Waals surface area contributed by atoms with Crippen molar-refractivity contribution in [3.05, 3.63) is 51.9 Å². The number of thioether (sulfide) groups is 1. The molecule has 0 radical (unpaired) electrons. The van der Waals surface area contributed by atoms with Gasteiger partial charge in [-0.05, 0) is 74.8 Å². The standard InChI is InChI=1S/C31H44FN3O3S/c1-8-21(4)19-39-25(20(2)3)23-13-11-22(12-14-23)18-33-27(36)24-10-9-17-35(24)28(37)26(30(5,6)7)34-29(38)31(32)15-16-31/h11-14,19,24,26H,8-10,15-18H2,1-7H3,(H,33,36)(H,34,38). The summed E-state index contributed by atoms with van der Waals surface area (Å²) < 4.78 is 14.3. The molecule has 2 atom stereocenters. The Hall–Kier alpha value is -2.61. The van der Waals surface area contributed by atoms with Gasteiger partial charge >= 0.3 is 0 Å². The summed E-state index contributed by atoms with van der Waals surface area (Å²) in [5, 5.41) is 7.84. The quantitative estimate of drug-likeness (QED) is 0.363. The number of hydrogen-bond acceptors (Lipinski definition) is 4. The maximum atomic E-state index is 14.3. The third-order valence-electron chi connectivity index (χ3n) is 7.40. The van der Waals surface area contributed by atoms with Crippen LogP contribution in [0.4, 0.5) is 4.39 Å². The second-order valence-corrected chi connectivity index (χ2v) is 13.0. The van der Waals surface area contributed by atoms with Crippen LogP contribution >= 0.6 is 11.8 Å². The summed E-state index contributed by atoms with van der Waals surface area (Å²) in [6.45, 7) is 14.8. The van der Waals surface area contributed by atoms with Crippen molar-refractivity contribution < 1.29 is 18.8 Å². The highest BCUT2D eigenvalue weighted by atomic mass is 32.2. The number of alkyl halides is 1. The van der Waals surface area contributed by atoms with Gasteiger partial charge in [-0.2, -0.15) is 0 Å². The molecule has 2 unspecified atom stereocenters. The van der Waals surface area contributed by atoms with Gasteiger partial charge in [0.1, 0.15) is 12.1 Å². The van der Waals surface area contributed by atoms with Gasteiger partial charge in [-0.1, -0.05) is 74.9 Å². The number of nitrogens with zero attached hydrogens (tertiary/aromatic N) is 1. The number of hydrogen-bond donors (Lipinski definition) is 2. The predicted octanol–water partition coefficient (Wildman–Crippen LogP) is 6.12. The number of nitrogens with one attached hydrogen (secondary N) is 2.